The lowest BCUT2D eigenvalue weighted by atomic mass is 10.2. The molecule has 0 radical (unpaired) electrons. The van der Waals surface area contributed by atoms with Crippen molar-refractivity contribution in [1.29, 1.82) is 5.26 Å². The number of rotatable bonds is 1. The zero-order valence-corrected chi connectivity index (χ0v) is 9.64. The van der Waals surface area contributed by atoms with Crippen molar-refractivity contribution < 1.29 is 9.53 Å². The number of esters is 1. The summed E-state index contributed by atoms with van der Waals surface area (Å²) in [5, 5.41) is 10.2. The molecule has 5 heteroatoms. The Morgan fingerprint density at radius 1 is 1.56 bits per heavy atom. The van der Waals surface area contributed by atoms with Gasteiger partial charge in [0.1, 0.15) is 16.5 Å². The molecule has 16 heavy (non-hydrogen) atoms. The molecule has 0 aliphatic heterocycles. The fraction of sp³-hybridized carbons (Fsp3) is 0.455. The van der Waals surface area contributed by atoms with Gasteiger partial charge < -0.3 is 10.5 Å². The van der Waals surface area contributed by atoms with Crippen molar-refractivity contribution in [1.82, 2.24) is 0 Å². The molecule has 0 bridgehead atoms. The van der Waals surface area contributed by atoms with E-state index in [1.165, 1.54) is 0 Å². The average Bonchev–Trinajstić information content (AvgIpc) is 2.43. The normalized spacial score (nSPS) is 10.1. The molecular formula is C11H16N2O2S. The maximum atomic E-state index is 11.6. The molecule has 0 amide bonds. The van der Waals surface area contributed by atoms with Crippen LogP contribution in [-0.4, -0.2) is 11.6 Å². The minimum atomic E-state index is -0.557. The average molecular weight is 240 g/mol. The third-order valence-corrected chi connectivity index (χ3v) is 2.45. The number of hydrogen-bond donors (Lipinski definition) is 1. The second-order valence-corrected chi connectivity index (χ2v) is 4.89. The Balaban J connectivity index is 0.00000225. The van der Waals surface area contributed by atoms with Crippen LogP contribution < -0.4 is 5.73 Å². The van der Waals surface area contributed by atoms with Gasteiger partial charge in [0.25, 0.3) is 0 Å². The minimum absolute atomic E-state index is 0. The van der Waals surface area contributed by atoms with E-state index in [0.29, 0.717) is 4.88 Å². The Hall–Kier alpha value is -1.54. The van der Waals surface area contributed by atoms with Gasteiger partial charge in [0, 0.05) is 5.38 Å². The summed E-state index contributed by atoms with van der Waals surface area (Å²) in [6.45, 7) is 5.33. The van der Waals surface area contributed by atoms with Gasteiger partial charge in [0.2, 0.25) is 0 Å². The number of anilines is 1. The van der Waals surface area contributed by atoms with Gasteiger partial charge in [0.15, 0.2) is 0 Å². The Morgan fingerprint density at radius 3 is 2.50 bits per heavy atom. The largest absolute Gasteiger partial charge is 0.456 e. The zero-order valence-electron chi connectivity index (χ0n) is 8.83. The number of carbonyl (C=O) groups excluding carboxylic acids is 1. The standard InChI is InChI=1S/C10H12N2O2S.CH4/c1-10(2,3)14-9(13)6-5-15-7(4-11)8(6)12;/h5H,12H2,1-3H3;1H4. The van der Waals surface area contributed by atoms with Gasteiger partial charge in [0.05, 0.1) is 11.3 Å². The van der Waals surface area contributed by atoms with Gasteiger partial charge in [-0.3, -0.25) is 0 Å². The number of hydrogen-bond acceptors (Lipinski definition) is 5. The summed E-state index contributed by atoms with van der Waals surface area (Å²) in [6, 6.07) is 1.92. The van der Waals surface area contributed by atoms with Crippen LogP contribution in [-0.2, 0) is 4.74 Å². The molecule has 1 aromatic rings. The van der Waals surface area contributed by atoms with Crippen LogP contribution in [0.15, 0.2) is 5.38 Å². The molecule has 1 rings (SSSR count). The molecule has 0 fully saturated rings. The highest BCUT2D eigenvalue weighted by atomic mass is 32.1. The van der Waals surface area contributed by atoms with Crippen molar-refractivity contribution in [3.05, 3.63) is 15.8 Å². The van der Waals surface area contributed by atoms with E-state index >= 15 is 0 Å². The van der Waals surface area contributed by atoms with Gasteiger partial charge >= 0.3 is 5.97 Å². The third-order valence-electron chi connectivity index (χ3n) is 1.55. The minimum Gasteiger partial charge on any atom is -0.456 e. The molecule has 1 aromatic heterocycles. The maximum Gasteiger partial charge on any atom is 0.341 e. The summed E-state index contributed by atoms with van der Waals surface area (Å²) >= 11 is 1.14. The number of thiophene rings is 1. The molecule has 0 saturated heterocycles. The number of nitrogens with two attached hydrogens (primary N) is 1. The van der Waals surface area contributed by atoms with E-state index in [-0.39, 0.29) is 18.7 Å². The van der Waals surface area contributed by atoms with Crippen LogP contribution in [0.2, 0.25) is 0 Å². The first-order valence-electron chi connectivity index (χ1n) is 4.35. The number of carbonyl (C=O) groups is 1. The van der Waals surface area contributed by atoms with Gasteiger partial charge in [-0.2, -0.15) is 5.26 Å². The number of nitrogen functional groups attached to an aromatic ring is 1. The molecule has 0 saturated carbocycles. The lowest BCUT2D eigenvalue weighted by molar-refractivity contribution is 0.00714. The number of nitriles is 1. The van der Waals surface area contributed by atoms with Crippen molar-refractivity contribution in [2.75, 3.05) is 5.73 Å². The molecule has 0 atom stereocenters. The van der Waals surface area contributed by atoms with Crippen LogP contribution in [0.1, 0.15) is 43.4 Å². The summed E-state index contributed by atoms with van der Waals surface area (Å²) < 4.78 is 5.14. The molecule has 4 nitrogen and oxygen atoms in total. The van der Waals surface area contributed by atoms with E-state index in [2.05, 4.69) is 0 Å². The van der Waals surface area contributed by atoms with Gasteiger partial charge in [-0.25, -0.2) is 4.79 Å². The second kappa shape index (κ2) is 4.99. The van der Waals surface area contributed by atoms with Crippen molar-refractivity contribution >= 4 is 23.0 Å². The third kappa shape index (κ3) is 3.24. The van der Waals surface area contributed by atoms with Gasteiger partial charge in [-0.05, 0) is 20.8 Å². The molecule has 88 valence electrons. The molecule has 2 N–H and O–H groups in total. The van der Waals surface area contributed by atoms with Crippen LogP contribution in [0.5, 0.6) is 0 Å². The van der Waals surface area contributed by atoms with Crippen molar-refractivity contribution in [2.45, 2.75) is 33.8 Å². The highest BCUT2D eigenvalue weighted by Crippen LogP contribution is 2.26. The summed E-state index contributed by atoms with van der Waals surface area (Å²) in [7, 11) is 0. The van der Waals surface area contributed by atoms with Gasteiger partial charge in [-0.15, -0.1) is 11.3 Å². The molecular weight excluding hydrogens is 224 g/mol. The van der Waals surface area contributed by atoms with E-state index < -0.39 is 11.6 Å². The van der Waals surface area contributed by atoms with Crippen molar-refractivity contribution in [2.24, 2.45) is 0 Å². The fourth-order valence-electron chi connectivity index (χ4n) is 0.945. The summed E-state index contributed by atoms with van der Waals surface area (Å²) in [4.78, 5) is 11.9. The predicted octanol–water partition coefficient (Wildman–Crippen LogP) is 2.79. The van der Waals surface area contributed by atoms with E-state index in [0.717, 1.165) is 11.3 Å². The Kier molecular flexibility index (Phi) is 4.51. The van der Waals surface area contributed by atoms with Crippen LogP contribution in [0.3, 0.4) is 0 Å². The molecule has 0 unspecified atom stereocenters. The van der Waals surface area contributed by atoms with Crippen LogP contribution in [0, 0.1) is 11.3 Å². The first-order chi connectivity index (χ1) is 6.85. The summed E-state index contributed by atoms with van der Waals surface area (Å²) in [6.07, 6.45) is 0. The molecule has 0 spiro atoms. The van der Waals surface area contributed by atoms with Crippen molar-refractivity contribution in [3.8, 4) is 6.07 Å². The lowest BCUT2D eigenvalue weighted by Gasteiger charge is -2.19. The van der Waals surface area contributed by atoms with E-state index in [1.54, 1.807) is 26.2 Å². The van der Waals surface area contributed by atoms with Crippen LogP contribution in [0.25, 0.3) is 0 Å². The Labute approximate surface area is 99.6 Å². The smallest absolute Gasteiger partial charge is 0.341 e. The molecule has 1 heterocycles. The molecule has 0 aliphatic rings. The van der Waals surface area contributed by atoms with Crippen LogP contribution >= 0.6 is 11.3 Å². The summed E-state index contributed by atoms with van der Waals surface area (Å²) in [5.41, 5.74) is 5.54. The highest BCUT2D eigenvalue weighted by Gasteiger charge is 2.22. The maximum absolute atomic E-state index is 11.6. The fourth-order valence-corrected chi connectivity index (χ4v) is 1.69. The topological polar surface area (TPSA) is 76.1 Å². The van der Waals surface area contributed by atoms with E-state index in [1.807, 2.05) is 6.07 Å². The van der Waals surface area contributed by atoms with Crippen molar-refractivity contribution in [3.63, 3.8) is 0 Å². The van der Waals surface area contributed by atoms with E-state index in [9.17, 15) is 4.79 Å². The predicted molar refractivity (Wildman–Crippen MR) is 65.3 cm³/mol. The lowest BCUT2D eigenvalue weighted by Crippen LogP contribution is -2.24. The second-order valence-electron chi connectivity index (χ2n) is 4.01. The number of ether oxygens (including phenoxy) is 1. The monoisotopic (exact) mass is 240 g/mol. The van der Waals surface area contributed by atoms with Crippen LogP contribution in [0.4, 0.5) is 5.69 Å². The Morgan fingerprint density at radius 2 is 2.12 bits per heavy atom. The van der Waals surface area contributed by atoms with Gasteiger partial charge in [-0.1, -0.05) is 7.43 Å². The van der Waals surface area contributed by atoms with E-state index in [4.69, 9.17) is 15.7 Å². The molecule has 0 aromatic carbocycles. The summed E-state index contributed by atoms with van der Waals surface area (Å²) in [5.74, 6) is -0.488. The SMILES string of the molecule is C.CC(C)(C)OC(=O)c1csc(C#N)c1N. The number of nitrogens with zero attached hydrogens (tertiary/aromatic N) is 1. The first-order valence-corrected chi connectivity index (χ1v) is 5.23. The first kappa shape index (κ1) is 14.5. The molecule has 0 aliphatic carbocycles. The Bertz CT molecular complexity index is 424. The zero-order chi connectivity index (χ0) is 11.6. The quantitative estimate of drug-likeness (QED) is 0.766. The highest BCUT2D eigenvalue weighted by molar-refractivity contribution is 7.11.